The highest BCUT2D eigenvalue weighted by molar-refractivity contribution is 7.17. The summed E-state index contributed by atoms with van der Waals surface area (Å²) >= 11 is 1.42. The first-order valence-electron chi connectivity index (χ1n) is 12.1. The number of carboxylic acid groups (broad SMARTS) is 1. The highest BCUT2D eigenvalue weighted by atomic mass is 32.1. The first kappa shape index (κ1) is 23.4. The number of ether oxygens (including phenoxy) is 1. The number of nitrogens with one attached hydrogen (secondary N) is 1. The van der Waals surface area contributed by atoms with Crippen molar-refractivity contribution < 1.29 is 19.4 Å². The molecular formula is C27H34N2O4S. The molecule has 0 radical (unpaired) electrons. The molecule has 1 aliphatic carbocycles. The van der Waals surface area contributed by atoms with Crippen molar-refractivity contribution in [2.45, 2.75) is 58.8 Å². The van der Waals surface area contributed by atoms with E-state index >= 15 is 0 Å². The summed E-state index contributed by atoms with van der Waals surface area (Å²) in [6.07, 6.45) is 3.97. The number of anilines is 2. The van der Waals surface area contributed by atoms with E-state index in [0.29, 0.717) is 22.4 Å². The van der Waals surface area contributed by atoms with Gasteiger partial charge in [-0.2, -0.15) is 0 Å². The van der Waals surface area contributed by atoms with E-state index in [2.05, 4.69) is 37.9 Å². The molecule has 1 aromatic carbocycles. The van der Waals surface area contributed by atoms with E-state index < -0.39 is 5.97 Å². The number of hydrogen-bond acceptors (Lipinski definition) is 5. The molecule has 2 fully saturated rings. The highest BCUT2D eigenvalue weighted by Crippen LogP contribution is 2.52. The van der Waals surface area contributed by atoms with Gasteiger partial charge >= 0.3 is 5.97 Å². The third-order valence-corrected chi connectivity index (χ3v) is 9.29. The number of amides is 1. The Bertz CT molecular complexity index is 1120. The van der Waals surface area contributed by atoms with Crippen molar-refractivity contribution in [1.82, 2.24) is 0 Å². The van der Waals surface area contributed by atoms with Gasteiger partial charge in [-0.15, -0.1) is 11.3 Å². The molecule has 1 aromatic heterocycles. The van der Waals surface area contributed by atoms with Crippen LogP contribution in [0.5, 0.6) is 0 Å². The van der Waals surface area contributed by atoms with Crippen LogP contribution in [-0.4, -0.2) is 43.3 Å². The molecule has 0 unspecified atom stereocenters. The summed E-state index contributed by atoms with van der Waals surface area (Å²) < 4.78 is 5.42. The Morgan fingerprint density at radius 3 is 2.26 bits per heavy atom. The zero-order valence-electron chi connectivity index (χ0n) is 20.5. The van der Waals surface area contributed by atoms with Crippen molar-refractivity contribution in [3.05, 3.63) is 45.8 Å². The maximum atomic E-state index is 13.1. The van der Waals surface area contributed by atoms with Crippen LogP contribution in [0.15, 0.2) is 24.3 Å². The Balaban J connectivity index is 1.34. The van der Waals surface area contributed by atoms with E-state index in [1.54, 1.807) is 0 Å². The summed E-state index contributed by atoms with van der Waals surface area (Å²) in [5.74, 6) is -1.25. The number of fused-ring (bicyclic) bond motifs is 1. The van der Waals surface area contributed by atoms with Gasteiger partial charge in [-0.05, 0) is 66.3 Å². The molecule has 1 amide bonds. The number of benzene rings is 1. The Morgan fingerprint density at radius 1 is 1.06 bits per heavy atom. The largest absolute Gasteiger partial charge is 0.478 e. The number of carbonyl (C=O) groups is 2. The molecular weight excluding hydrogens is 448 g/mol. The lowest BCUT2D eigenvalue weighted by Gasteiger charge is -2.47. The number of carboxylic acids is 1. The van der Waals surface area contributed by atoms with E-state index in [0.717, 1.165) is 61.7 Å². The number of carbonyl (C=O) groups excluding carboxylic acids is 1. The van der Waals surface area contributed by atoms with Crippen molar-refractivity contribution in [2.24, 2.45) is 10.8 Å². The first-order chi connectivity index (χ1) is 16.0. The second-order valence-corrected chi connectivity index (χ2v) is 12.8. The lowest BCUT2D eigenvalue weighted by atomic mass is 9.65. The van der Waals surface area contributed by atoms with E-state index in [9.17, 15) is 14.7 Å². The molecule has 2 saturated heterocycles. The van der Waals surface area contributed by atoms with Crippen LogP contribution < -0.4 is 10.2 Å². The van der Waals surface area contributed by atoms with Gasteiger partial charge in [-0.1, -0.05) is 27.7 Å². The first-order valence-corrected chi connectivity index (χ1v) is 12.9. The molecule has 0 saturated carbocycles. The molecule has 5 rings (SSSR count). The van der Waals surface area contributed by atoms with Gasteiger partial charge in [0, 0.05) is 34.6 Å². The average molecular weight is 483 g/mol. The lowest BCUT2D eigenvalue weighted by molar-refractivity contribution is -0.124. The predicted molar refractivity (Wildman–Crippen MR) is 136 cm³/mol. The summed E-state index contributed by atoms with van der Waals surface area (Å²) in [5.41, 5.74) is 3.06. The van der Waals surface area contributed by atoms with Gasteiger partial charge in [0.15, 0.2) is 0 Å². The van der Waals surface area contributed by atoms with Crippen molar-refractivity contribution in [1.29, 1.82) is 0 Å². The standard InChI is InChI=1S/C27H34N2O4S/c1-25(2)13-19-20(24(31)32)23(34-21(19)26(3,4)14-25)28-22(30)17-5-7-18(8-6-17)29-11-9-27(10-12-29)15-33-16-27/h5-8H,9-16H2,1-4H3,(H,28,30)(H,31,32). The molecule has 1 spiro atoms. The number of aromatic carboxylic acids is 1. The maximum absolute atomic E-state index is 13.1. The Labute approximate surface area is 205 Å². The van der Waals surface area contributed by atoms with Crippen LogP contribution in [0.3, 0.4) is 0 Å². The van der Waals surface area contributed by atoms with Crippen molar-refractivity contribution in [3.63, 3.8) is 0 Å². The third kappa shape index (κ3) is 4.13. The van der Waals surface area contributed by atoms with E-state index in [1.165, 1.54) is 11.3 Å². The molecule has 3 aliphatic rings. The fourth-order valence-electron chi connectivity index (χ4n) is 6.23. The topological polar surface area (TPSA) is 78.9 Å². The van der Waals surface area contributed by atoms with Crippen molar-refractivity contribution in [3.8, 4) is 0 Å². The second-order valence-electron chi connectivity index (χ2n) is 11.8. The number of hydrogen-bond donors (Lipinski definition) is 2. The van der Waals surface area contributed by atoms with Gasteiger partial charge in [-0.3, -0.25) is 4.79 Å². The number of nitrogens with zero attached hydrogens (tertiary/aromatic N) is 1. The summed E-state index contributed by atoms with van der Waals surface area (Å²) in [5, 5.41) is 13.4. The normalized spacial score (nSPS) is 22.1. The van der Waals surface area contributed by atoms with Crippen LogP contribution in [0.2, 0.25) is 0 Å². The predicted octanol–water partition coefficient (Wildman–Crippen LogP) is 5.57. The average Bonchev–Trinajstić information content (AvgIpc) is 3.10. The monoisotopic (exact) mass is 482 g/mol. The van der Waals surface area contributed by atoms with Crippen LogP contribution in [0.4, 0.5) is 10.7 Å². The number of thiophene rings is 1. The Kier molecular flexibility index (Phi) is 5.56. The fraction of sp³-hybridized carbons (Fsp3) is 0.556. The molecule has 182 valence electrons. The molecule has 3 heterocycles. The van der Waals surface area contributed by atoms with Gasteiger partial charge in [-0.25, -0.2) is 4.79 Å². The smallest absolute Gasteiger partial charge is 0.339 e. The Morgan fingerprint density at radius 2 is 1.71 bits per heavy atom. The summed E-state index contributed by atoms with van der Waals surface area (Å²) in [4.78, 5) is 28.8. The molecule has 2 N–H and O–H groups in total. The molecule has 2 aliphatic heterocycles. The van der Waals surface area contributed by atoms with Gasteiger partial charge in [0.1, 0.15) is 5.00 Å². The molecule has 0 atom stereocenters. The van der Waals surface area contributed by atoms with Crippen LogP contribution in [-0.2, 0) is 16.6 Å². The number of piperidine rings is 1. The summed E-state index contributed by atoms with van der Waals surface area (Å²) in [6, 6.07) is 7.66. The van der Waals surface area contributed by atoms with E-state index in [1.807, 2.05) is 24.3 Å². The van der Waals surface area contributed by atoms with Crippen LogP contribution >= 0.6 is 11.3 Å². The molecule has 2 aromatic rings. The molecule has 34 heavy (non-hydrogen) atoms. The van der Waals surface area contributed by atoms with Gasteiger partial charge < -0.3 is 20.1 Å². The van der Waals surface area contributed by atoms with Gasteiger partial charge in [0.2, 0.25) is 0 Å². The zero-order valence-corrected chi connectivity index (χ0v) is 21.3. The maximum Gasteiger partial charge on any atom is 0.339 e. The second kappa shape index (κ2) is 8.09. The van der Waals surface area contributed by atoms with E-state index in [-0.39, 0.29) is 22.3 Å². The number of rotatable bonds is 4. The summed E-state index contributed by atoms with van der Waals surface area (Å²) in [6.45, 7) is 12.5. The molecule has 7 heteroatoms. The van der Waals surface area contributed by atoms with Gasteiger partial charge in [0.05, 0.1) is 18.8 Å². The molecule has 6 nitrogen and oxygen atoms in total. The fourth-order valence-corrected chi connectivity index (χ4v) is 7.54. The van der Waals surface area contributed by atoms with Gasteiger partial charge in [0.25, 0.3) is 5.91 Å². The van der Waals surface area contributed by atoms with E-state index in [4.69, 9.17) is 4.74 Å². The SMILES string of the molecule is CC1(C)Cc2c(sc(NC(=O)c3ccc(N4CCC5(CC4)COC5)cc3)c2C(=O)O)C(C)(C)C1. The Hall–Kier alpha value is -2.38. The third-order valence-electron chi connectivity index (χ3n) is 7.77. The van der Waals surface area contributed by atoms with Crippen LogP contribution in [0, 0.1) is 10.8 Å². The lowest BCUT2D eigenvalue weighted by Crippen LogP contribution is -2.50. The quantitative estimate of drug-likeness (QED) is 0.596. The molecule has 0 bridgehead atoms. The minimum absolute atomic E-state index is 0.0125. The van der Waals surface area contributed by atoms with Crippen LogP contribution in [0.1, 0.15) is 78.1 Å². The van der Waals surface area contributed by atoms with Crippen molar-refractivity contribution in [2.75, 3.05) is 36.5 Å². The summed E-state index contributed by atoms with van der Waals surface area (Å²) in [7, 11) is 0. The minimum Gasteiger partial charge on any atom is -0.478 e. The minimum atomic E-state index is -0.976. The van der Waals surface area contributed by atoms with Crippen molar-refractivity contribution >= 4 is 33.9 Å². The zero-order chi connectivity index (χ0) is 24.3. The highest BCUT2D eigenvalue weighted by Gasteiger charge is 2.43. The van der Waals surface area contributed by atoms with Crippen LogP contribution in [0.25, 0.3) is 0 Å².